The van der Waals surface area contributed by atoms with Gasteiger partial charge in [-0.05, 0) is 32.0 Å². The molecule has 0 unspecified atom stereocenters. The van der Waals surface area contributed by atoms with Crippen LogP contribution >= 0.6 is 0 Å². The number of anilines is 2. The molecule has 1 aromatic heterocycles. The van der Waals surface area contributed by atoms with Gasteiger partial charge in [0.1, 0.15) is 5.75 Å². The van der Waals surface area contributed by atoms with Crippen LogP contribution in [0.25, 0.3) is 0 Å². The molecular weight excluding hydrogens is 332 g/mol. The summed E-state index contributed by atoms with van der Waals surface area (Å²) < 4.78 is 5.54. The maximum absolute atomic E-state index is 5.94. The minimum atomic E-state index is 0.333. The quantitative estimate of drug-likeness (QED) is 0.265. The van der Waals surface area contributed by atoms with Gasteiger partial charge in [0.05, 0.1) is 29.9 Å². The zero-order valence-electron chi connectivity index (χ0n) is 15.4. The Kier molecular flexibility index (Phi) is 5.17. The number of nitrogens with zero attached hydrogens (tertiary/aromatic N) is 4. The van der Waals surface area contributed by atoms with Crippen LogP contribution < -0.4 is 31.6 Å². The Labute approximate surface area is 152 Å². The van der Waals surface area contributed by atoms with E-state index in [-0.39, 0.29) is 0 Å². The van der Waals surface area contributed by atoms with Crippen molar-refractivity contribution in [3.8, 4) is 5.75 Å². The van der Waals surface area contributed by atoms with Crippen molar-refractivity contribution in [1.82, 2.24) is 15.7 Å². The average molecular weight is 358 g/mol. The molecular formula is C17H26N8O. The van der Waals surface area contributed by atoms with Crippen LogP contribution in [-0.2, 0) is 0 Å². The molecule has 9 nitrogen and oxygen atoms in total. The number of hydrogen-bond acceptors (Lipinski definition) is 7. The van der Waals surface area contributed by atoms with E-state index in [0.717, 1.165) is 54.6 Å². The fourth-order valence-electron chi connectivity index (χ4n) is 3.41. The molecule has 1 saturated heterocycles. The SMILES string of the molecule is COc1ccc(/C(N)=N/NN)cc1N1CCN(c2c(C)n[nH]c2C)CC1. The van der Waals surface area contributed by atoms with Gasteiger partial charge in [-0.25, -0.2) is 11.4 Å². The standard InChI is InChI=1S/C17H26N8O/c1-11-16(12(2)21-20-11)25-8-6-24(7-9-25)14-10-13(17(18)22-23-19)4-5-15(14)26-3/h4-5,10,23H,6-9,19H2,1-3H3,(H2,18,22)(H,20,21). The zero-order chi connectivity index (χ0) is 18.7. The summed E-state index contributed by atoms with van der Waals surface area (Å²) in [5.74, 6) is 6.37. The van der Waals surface area contributed by atoms with Crippen LogP contribution in [0, 0.1) is 13.8 Å². The Hall–Kier alpha value is -2.94. The second-order valence-corrected chi connectivity index (χ2v) is 6.27. The van der Waals surface area contributed by atoms with E-state index in [4.69, 9.17) is 16.3 Å². The van der Waals surface area contributed by atoms with E-state index in [9.17, 15) is 0 Å². The number of benzene rings is 1. The molecule has 1 fully saturated rings. The van der Waals surface area contributed by atoms with Crippen molar-refractivity contribution in [3.63, 3.8) is 0 Å². The Morgan fingerprint density at radius 2 is 1.92 bits per heavy atom. The van der Waals surface area contributed by atoms with Gasteiger partial charge in [0.15, 0.2) is 5.84 Å². The number of hydrazine groups is 1. The number of aryl methyl sites for hydroxylation is 2. The molecule has 0 amide bonds. The Bertz CT molecular complexity index is 773. The van der Waals surface area contributed by atoms with Crippen molar-refractivity contribution < 1.29 is 4.74 Å². The van der Waals surface area contributed by atoms with Crippen molar-refractivity contribution in [2.24, 2.45) is 16.7 Å². The van der Waals surface area contributed by atoms with Crippen LogP contribution in [0.5, 0.6) is 5.75 Å². The molecule has 0 atom stereocenters. The summed E-state index contributed by atoms with van der Waals surface area (Å²) in [6.45, 7) is 7.64. The van der Waals surface area contributed by atoms with Crippen LogP contribution in [0.4, 0.5) is 11.4 Å². The number of amidine groups is 1. The first kappa shape index (κ1) is 17.9. The van der Waals surface area contributed by atoms with Gasteiger partial charge < -0.3 is 20.3 Å². The van der Waals surface area contributed by atoms with Crippen molar-refractivity contribution in [2.45, 2.75) is 13.8 Å². The topological polar surface area (TPSA) is 121 Å². The van der Waals surface area contributed by atoms with Crippen LogP contribution in [0.1, 0.15) is 17.0 Å². The lowest BCUT2D eigenvalue weighted by Crippen LogP contribution is -2.47. The van der Waals surface area contributed by atoms with E-state index in [1.54, 1.807) is 7.11 Å². The van der Waals surface area contributed by atoms with Gasteiger partial charge in [0.25, 0.3) is 0 Å². The highest BCUT2D eigenvalue weighted by Crippen LogP contribution is 2.31. The van der Waals surface area contributed by atoms with E-state index in [0.29, 0.717) is 5.84 Å². The maximum Gasteiger partial charge on any atom is 0.152 e. The molecule has 26 heavy (non-hydrogen) atoms. The summed E-state index contributed by atoms with van der Waals surface area (Å²) in [5.41, 5.74) is 13.3. The maximum atomic E-state index is 5.94. The summed E-state index contributed by atoms with van der Waals surface area (Å²) in [5, 5.41) is 11.2. The van der Waals surface area contributed by atoms with Crippen LogP contribution in [0.15, 0.2) is 23.3 Å². The molecule has 3 rings (SSSR count). The van der Waals surface area contributed by atoms with Gasteiger partial charge in [-0.15, -0.1) is 5.10 Å². The van der Waals surface area contributed by atoms with Gasteiger partial charge in [-0.2, -0.15) is 5.10 Å². The summed E-state index contributed by atoms with van der Waals surface area (Å²) in [6, 6.07) is 5.76. The molecule has 1 aliphatic heterocycles. The lowest BCUT2D eigenvalue weighted by atomic mass is 10.1. The van der Waals surface area contributed by atoms with Gasteiger partial charge >= 0.3 is 0 Å². The highest BCUT2D eigenvalue weighted by atomic mass is 16.5. The van der Waals surface area contributed by atoms with Gasteiger partial charge in [0.2, 0.25) is 0 Å². The van der Waals surface area contributed by atoms with Crippen molar-refractivity contribution >= 4 is 17.2 Å². The lowest BCUT2D eigenvalue weighted by Gasteiger charge is -2.38. The molecule has 0 radical (unpaired) electrons. The van der Waals surface area contributed by atoms with Gasteiger partial charge in [-0.1, -0.05) is 0 Å². The monoisotopic (exact) mass is 358 g/mol. The van der Waals surface area contributed by atoms with Gasteiger partial charge in [-0.3, -0.25) is 5.10 Å². The summed E-state index contributed by atoms with van der Waals surface area (Å²) in [4.78, 5) is 4.67. The third kappa shape index (κ3) is 3.38. The van der Waals surface area contributed by atoms with E-state index >= 15 is 0 Å². The predicted molar refractivity (Wildman–Crippen MR) is 104 cm³/mol. The number of aromatic nitrogens is 2. The molecule has 0 aliphatic carbocycles. The van der Waals surface area contributed by atoms with Crippen molar-refractivity contribution in [3.05, 3.63) is 35.2 Å². The number of hydrazone groups is 1. The molecule has 9 heteroatoms. The van der Waals surface area contributed by atoms with Crippen LogP contribution in [0.2, 0.25) is 0 Å². The highest BCUT2D eigenvalue weighted by molar-refractivity contribution is 5.98. The first-order valence-electron chi connectivity index (χ1n) is 8.53. The number of hydrogen-bond donors (Lipinski definition) is 4. The minimum Gasteiger partial charge on any atom is -0.495 e. The van der Waals surface area contributed by atoms with E-state index < -0.39 is 0 Å². The summed E-state index contributed by atoms with van der Waals surface area (Å²) >= 11 is 0. The normalized spacial score (nSPS) is 15.3. The molecule has 1 aromatic carbocycles. The summed E-state index contributed by atoms with van der Waals surface area (Å²) in [6.07, 6.45) is 0. The number of ether oxygens (including phenoxy) is 1. The van der Waals surface area contributed by atoms with Crippen LogP contribution in [-0.4, -0.2) is 49.3 Å². The lowest BCUT2D eigenvalue weighted by molar-refractivity contribution is 0.413. The predicted octanol–water partition coefficient (Wildman–Crippen LogP) is 0.445. The molecule has 140 valence electrons. The highest BCUT2D eigenvalue weighted by Gasteiger charge is 2.23. The number of nitrogens with one attached hydrogen (secondary N) is 2. The number of nitrogens with two attached hydrogens (primary N) is 2. The third-order valence-corrected chi connectivity index (χ3v) is 4.69. The Morgan fingerprint density at radius 3 is 2.50 bits per heavy atom. The van der Waals surface area contributed by atoms with E-state index in [2.05, 4.69) is 37.6 Å². The fraction of sp³-hybridized carbons (Fsp3) is 0.412. The third-order valence-electron chi connectivity index (χ3n) is 4.69. The number of methoxy groups -OCH3 is 1. The summed E-state index contributed by atoms with van der Waals surface area (Å²) in [7, 11) is 1.67. The van der Waals surface area contributed by atoms with Crippen molar-refractivity contribution in [2.75, 3.05) is 43.1 Å². The Balaban J connectivity index is 1.80. The molecule has 0 bridgehead atoms. The molecule has 2 aromatic rings. The van der Waals surface area contributed by atoms with E-state index in [1.165, 1.54) is 5.69 Å². The first-order chi connectivity index (χ1) is 12.5. The molecule has 2 heterocycles. The van der Waals surface area contributed by atoms with E-state index in [1.807, 2.05) is 25.1 Å². The van der Waals surface area contributed by atoms with Gasteiger partial charge in [0, 0.05) is 31.7 Å². The van der Waals surface area contributed by atoms with Crippen LogP contribution in [0.3, 0.4) is 0 Å². The molecule has 6 N–H and O–H groups in total. The number of aromatic amines is 1. The zero-order valence-corrected chi connectivity index (χ0v) is 15.4. The fourth-order valence-corrected chi connectivity index (χ4v) is 3.41. The number of H-pyrrole nitrogens is 1. The Morgan fingerprint density at radius 1 is 1.23 bits per heavy atom. The first-order valence-corrected chi connectivity index (χ1v) is 8.53. The molecule has 1 aliphatic rings. The second-order valence-electron chi connectivity index (χ2n) is 6.27. The number of piperazine rings is 1. The second kappa shape index (κ2) is 7.52. The molecule has 0 spiro atoms. The largest absolute Gasteiger partial charge is 0.495 e. The molecule has 0 saturated carbocycles. The smallest absolute Gasteiger partial charge is 0.152 e. The number of rotatable bonds is 5. The van der Waals surface area contributed by atoms with Crippen molar-refractivity contribution in [1.29, 1.82) is 0 Å². The minimum absolute atomic E-state index is 0.333. The average Bonchev–Trinajstić information content (AvgIpc) is 3.00.